The van der Waals surface area contributed by atoms with Gasteiger partial charge in [-0.2, -0.15) is 0 Å². The lowest BCUT2D eigenvalue weighted by molar-refractivity contribution is 0.0996. The van der Waals surface area contributed by atoms with Gasteiger partial charge in [0.05, 0.1) is 10.5 Å². The highest BCUT2D eigenvalue weighted by molar-refractivity contribution is 6.34. The molecule has 2 rings (SSSR count). The molecule has 0 aliphatic rings. The first-order valence-electron chi connectivity index (χ1n) is 4.03. The van der Waals surface area contributed by atoms with Crippen molar-refractivity contribution >= 4 is 28.4 Å². The maximum Gasteiger partial charge on any atom is 0.268 e. The molecule has 1 amide bonds. The van der Waals surface area contributed by atoms with Crippen molar-refractivity contribution in [3.05, 3.63) is 41.0 Å². The fourth-order valence-corrected chi connectivity index (χ4v) is 1.52. The average Bonchev–Trinajstić information content (AvgIpc) is 2.16. The molecule has 0 bridgehead atoms. The average molecular weight is 207 g/mol. The summed E-state index contributed by atoms with van der Waals surface area (Å²) in [6.07, 6.45) is 0. The smallest absolute Gasteiger partial charge is 0.268 e. The zero-order chi connectivity index (χ0) is 10.1. The van der Waals surface area contributed by atoms with Crippen LogP contribution in [0.25, 0.3) is 10.9 Å². The Morgan fingerprint density at radius 1 is 1.36 bits per heavy atom. The van der Waals surface area contributed by atoms with Gasteiger partial charge in [-0.25, -0.2) is 4.98 Å². The fraction of sp³-hybridized carbons (Fsp3) is 0. The predicted octanol–water partition coefficient (Wildman–Crippen LogP) is 1.99. The number of hydrogen-bond donors (Lipinski definition) is 1. The lowest BCUT2D eigenvalue weighted by Gasteiger charge is -2.01. The normalized spacial score (nSPS) is 10.4. The van der Waals surface area contributed by atoms with E-state index in [2.05, 4.69) is 4.98 Å². The number of primary amides is 1. The minimum Gasteiger partial charge on any atom is -0.364 e. The Morgan fingerprint density at radius 3 is 2.79 bits per heavy atom. The van der Waals surface area contributed by atoms with Crippen molar-refractivity contribution < 1.29 is 4.79 Å². The molecular formula is C10H7ClN2O. The van der Waals surface area contributed by atoms with Crippen LogP contribution in [-0.4, -0.2) is 10.9 Å². The summed E-state index contributed by atoms with van der Waals surface area (Å²) in [4.78, 5) is 15.0. The number of nitrogens with two attached hydrogens (primary N) is 1. The zero-order valence-corrected chi connectivity index (χ0v) is 7.95. The van der Waals surface area contributed by atoms with Crippen molar-refractivity contribution in [2.75, 3.05) is 0 Å². The van der Waals surface area contributed by atoms with Crippen LogP contribution in [0.15, 0.2) is 30.3 Å². The minimum atomic E-state index is -0.610. The van der Waals surface area contributed by atoms with Gasteiger partial charge < -0.3 is 5.73 Å². The molecule has 0 fully saturated rings. The van der Waals surface area contributed by atoms with Crippen LogP contribution in [0.5, 0.6) is 0 Å². The third kappa shape index (κ3) is 1.42. The number of carbonyl (C=O) groups is 1. The number of nitrogens with zero attached hydrogens (tertiary/aromatic N) is 1. The van der Waals surface area contributed by atoms with Crippen LogP contribution in [0.2, 0.25) is 5.02 Å². The molecule has 0 spiro atoms. The third-order valence-corrected chi connectivity index (χ3v) is 2.20. The fourth-order valence-electron chi connectivity index (χ4n) is 1.26. The van der Waals surface area contributed by atoms with Gasteiger partial charge in [-0.1, -0.05) is 29.8 Å². The lowest BCUT2D eigenvalue weighted by atomic mass is 10.2. The quantitative estimate of drug-likeness (QED) is 0.776. The van der Waals surface area contributed by atoms with Crippen molar-refractivity contribution in [3.8, 4) is 0 Å². The van der Waals surface area contributed by atoms with Crippen molar-refractivity contribution in [2.24, 2.45) is 5.73 Å². The molecule has 0 unspecified atom stereocenters. The number of halogens is 1. The highest BCUT2D eigenvalue weighted by atomic mass is 35.5. The largest absolute Gasteiger partial charge is 0.364 e. The first-order chi connectivity index (χ1) is 6.68. The molecule has 14 heavy (non-hydrogen) atoms. The van der Waals surface area contributed by atoms with Crippen molar-refractivity contribution in [1.82, 2.24) is 4.98 Å². The Hall–Kier alpha value is -1.61. The van der Waals surface area contributed by atoms with Crippen LogP contribution in [0, 0.1) is 0 Å². The van der Waals surface area contributed by atoms with Gasteiger partial charge in [0, 0.05) is 5.39 Å². The molecule has 0 aliphatic heterocycles. The monoisotopic (exact) mass is 206 g/mol. The summed E-state index contributed by atoms with van der Waals surface area (Å²) in [5.41, 5.74) is 5.95. The summed E-state index contributed by atoms with van der Waals surface area (Å²) in [5, 5.41) is 1.18. The van der Waals surface area contributed by atoms with E-state index >= 15 is 0 Å². The van der Waals surface area contributed by atoms with E-state index in [9.17, 15) is 4.79 Å². The number of benzene rings is 1. The number of rotatable bonds is 1. The summed E-state index contributed by atoms with van der Waals surface area (Å²) in [7, 11) is 0. The molecule has 3 nitrogen and oxygen atoms in total. The topological polar surface area (TPSA) is 56.0 Å². The van der Waals surface area contributed by atoms with E-state index in [1.165, 1.54) is 0 Å². The number of aromatic nitrogens is 1. The van der Waals surface area contributed by atoms with Gasteiger partial charge in [0.1, 0.15) is 5.69 Å². The molecule has 0 aliphatic carbocycles. The molecule has 1 aromatic carbocycles. The van der Waals surface area contributed by atoms with Crippen LogP contribution in [0.1, 0.15) is 10.5 Å². The van der Waals surface area contributed by atoms with E-state index in [1.54, 1.807) is 12.1 Å². The molecule has 0 radical (unpaired) electrons. The number of para-hydroxylation sites is 1. The van der Waals surface area contributed by atoms with Crippen LogP contribution in [0.3, 0.4) is 0 Å². The standard InChI is InChI=1S/C10H7ClN2O/c11-7-5-6-3-1-2-4-8(6)13-9(7)10(12)14/h1-5H,(H2,12,14). The van der Waals surface area contributed by atoms with E-state index < -0.39 is 5.91 Å². The second-order valence-corrected chi connectivity index (χ2v) is 3.28. The second-order valence-electron chi connectivity index (χ2n) is 2.88. The predicted molar refractivity (Wildman–Crippen MR) is 55.3 cm³/mol. The summed E-state index contributed by atoms with van der Waals surface area (Å²) >= 11 is 5.83. The molecule has 1 heterocycles. The van der Waals surface area contributed by atoms with Gasteiger partial charge in [0.15, 0.2) is 0 Å². The maximum atomic E-state index is 10.9. The van der Waals surface area contributed by atoms with Crippen LogP contribution in [-0.2, 0) is 0 Å². The van der Waals surface area contributed by atoms with E-state index in [0.717, 1.165) is 5.39 Å². The highest BCUT2D eigenvalue weighted by Gasteiger charge is 2.09. The SMILES string of the molecule is NC(=O)c1nc2ccccc2cc1Cl. The van der Waals surface area contributed by atoms with E-state index in [4.69, 9.17) is 17.3 Å². The molecule has 70 valence electrons. The van der Waals surface area contributed by atoms with Gasteiger partial charge >= 0.3 is 0 Å². The Kier molecular flexibility index (Phi) is 2.09. The van der Waals surface area contributed by atoms with Crippen LogP contribution >= 0.6 is 11.6 Å². The number of pyridine rings is 1. The van der Waals surface area contributed by atoms with Gasteiger partial charge in [-0.05, 0) is 12.1 Å². The lowest BCUT2D eigenvalue weighted by Crippen LogP contribution is -2.13. The Bertz CT molecular complexity index is 510. The van der Waals surface area contributed by atoms with Gasteiger partial charge in [0.25, 0.3) is 5.91 Å². The first-order valence-corrected chi connectivity index (χ1v) is 4.41. The highest BCUT2D eigenvalue weighted by Crippen LogP contribution is 2.20. The molecule has 0 atom stereocenters. The molecule has 0 saturated heterocycles. The number of fused-ring (bicyclic) bond motifs is 1. The molecule has 0 saturated carbocycles. The Balaban J connectivity index is 2.77. The Morgan fingerprint density at radius 2 is 2.07 bits per heavy atom. The maximum absolute atomic E-state index is 10.9. The van der Waals surface area contributed by atoms with E-state index in [0.29, 0.717) is 5.52 Å². The number of amides is 1. The molecule has 2 aromatic rings. The van der Waals surface area contributed by atoms with Gasteiger partial charge in [0.2, 0.25) is 0 Å². The van der Waals surface area contributed by atoms with Crippen molar-refractivity contribution in [3.63, 3.8) is 0 Å². The first kappa shape index (κ1) is 8.97. The third-order valence-electron chi connectivity index (χ3n) is 1.91. The van der Waals surface area contributed by atoms with Crippen LogP contribution in [0.4, 0.5) is 0 Å². The van der Waals surface area contributed by atoms with Crippen molar-refractivity contribution in [1.29, 1.82) is 0 Å². The molecule has 1 aromatic heterocycles. The summed E-state index contributed by atoms with van der Waals surface area (Å²) in [5.74, 6) is -0.610. The Labute approximate surface area is 85.5 Å². The summed E-state index contributed by atoms with van der Waals surface area (Å²) < 4.78 is 0. The van der Waals surface area contributed by atoms with Crippen LogP contribution < -0.4 is 5.73 Å². The second kappa shape index (κ2) is 3.27. The van der Waals surface area contributed by atoms with Gasteiger partial charge in [-0.15, -0.1) is 0 Å². The van der Waals surface area contributed by atoms with E-state index in [-0.39, 0.29) is 10.7 Å². The number of hydrogen-bond acceptors (Lipinski definition) is 2. The van der Waals surface area contributed by atoms with Crippen molar-refractivity contribution in [2.45, 2.75) is 0 Å². The summed E-state index contributed by atoms with van der Waals surface area (Å²) in [6.45, 7) is 0. The molecular weight excluding hydrogens is 200 g/mol. The molecule has 2 N–H and O–H groups in total. The number of carbonyl (C=O) groups excluding carboxylic acids is 1. The zero-order valence-electron chi connectivity index (χ0n) is 7.20. The minimum absolute atomic E-state index is 0.116. The van der Waals surface area contributed by atoms with E-state index in [1.807, 2.05) is 18.2 Å². The summed E-state index contributed by atoms with van der Waals surface area (Å²) in [6, 6.07) is 9.08. The molecule has 4 heteroatoms. The van der Waals surface area contributed by atoms with Gasteiger partial charge in [-0.3, -0.25) is 4.79 Å².